The summed E-state index contributed by atoms with van der Waals surface area (Å²) in [5.41, 5.74) is 5.97. The lowest BCUT2D eigenvalue weighted by atomic mass is 10.0. The number of hydrogen-bond donors (Lipinski definition) is 2. The normalized spacial score (nSPS) is 17.8. The van der Waals surface area contributed by atoms with E-state index in [-0.39, 0.29) is 36.9 Å². The highest BCUT2D eigenvalue weighted by molar-refractivity contribution is 7.98. The van der Waals surface area contributed by atoms with E-state index in [9.17, 15) is 9.59 Å². The third kappa shape index (κ3) is 7.43. The van der Waals surface area contributed by atoms with E-state index >= 15 is 0 Å². The Balaban J connectivity index is 0.00000338. The number of nitrogens with zero attached hydrogens (tertiary/aromatic N) is 1. The molecule has 6 nitrogen and oxygen atoms in total. The minimum Gasteiger partial charge on any atom is -0.484 e. The van der Waals surface area contributed by atoms with E-state index in [1.807, 2.05) is 24.5 Å². The number of thioether (sulfide) groups is 1. The minimum atomic E-state index is -0.523. The summed E-state index contributed by atoms with van der Waals surface area (Å²) >= 11 is 1.65. The largest absolute Gasteiger partial charge is 0.484 e. The van der Waals surface area contributed by atoms with E-state index in [0.717, 1.165) is 18.6 Å². The Bertz CT molecular complexity index is 562. The first-order valence-corrected chi connectivity index (χ1v) is 10.00. The fourth-order valence-electron chi connectivity index (χ4n) is 2.83. The van der Waals surface area contributed by atoms with Crippen LogP contribution < -0.4 is 15.8 Å². The molecule has 1 aliphatic rings. The van der Waals surface area contributed by atoms with Gasteiger partial charge in [-0.1, -0.05) is 18.2 Å². The van der Waals surface area contributed by atoms with E-state index in [2.05, 4.69) is 5.32 Å². The summed E-state index contributed by atoms with van der Waals surface area (Å²) in [6.45, 7) is 1.16. The number of benzene rings is 1. The topological polar surface area (TPSA) is 84.7 Å². The van der Waals surface area contributed by atoms with Crippen LogP contribution in [0.25, 0.3) is 0 Å². The molecule has 8 heteroatoms. The Morgan fingerprint density at radius 1 is 1.38 bits per heavy atom. The molecule has 1 aromatic carbocycles. The predicted molar refractivity (Wildman–Crippen MR) is 108 cm³/mol. The molecule has 3 N–H and O–H groups in total. The number of nitrogens with one attached hydrogen (secondary N) is 1. The van der Waals surface area contributed by atoms with Crippen molar-refractivity contribution in [3.05, 3.63) is 30.3 Å². The van der Waals surface area contributed by atoms with Gasteiger partial charge in [-0.15, -0.1) is 12.4 Å². The van der Waals surface area contributed by atoms with Gasteiger partial charge in [0.25, 0.3) is 5.91 Å². The number of hydrogen-bond acceptors (Lipinski definition) is 5. The van der Waals surface area contributed by atoms with Gasteiger partial charge in [0.05, 0.1) is 0 Å². The van der Waals surface area contributed by atoms with Crippen LogP contribution in [0.1, 0.15) is 19.3 Å². The average molecular weight is 402 g/mol. The van der Waals surface area contributed by atoms with Crippen molar-refractivity contribution in [1.29, 1.82) is 0 Å². The van der Waals surface area contributed by atoms with E-state index in [1.165, 1.54) is 0 Å². The van der Waals surface area contributed by atoms with Gasteiger partial charge in [-0.3, -0.25) is 9.59 Å². The number of halogens is 1. The van der Waals surface area contributed by atoms with Crippen molar-refractivity contribution in [2.75, 3.05) is 31.7 Å². The lowest BCUT2D eigenvalue weighted by molar-refractivity contribution is -0.137. The molecule has 1 fully saturated rings. The number of para-hydroxylation sites is 1. The molecule has 1 aliphatic heterocycles. The van der Waals surface area contributed by atoms with Gasteiger partial charge >= 0.3 is 0 Å². The van der Waals surface area contributed by atoms with Gasteiger partial charge in [0.1, 0.15) is 11.8 Å². The van der Waals surface area contributed by atoms with E-state index in [4.69, 9.17) is 10.5 Å². The standard InChI is InChI=1S/C18H27N3O3S.ClH/c1-25-11-9-16(18(23)21-10-5-6-14(19)12-21)20-17(22)13-24-15-7-3-2-4-8-15;/h2-4,7-8,14,16H,5-6,9-13,19H2,1H3,(H,20,22);1H. The Labute approximate surface area is 165 Å². The maximum atomic E-state index is 12.8. The Morgan fingerprint density at radius 2 is 2.12 bits per heavy atom. The zero-order chi connectivity index (χ0) is 18.1. The monoisotopic (exact) mass is 401 g/mol. The molecule has 0 saturated carbocycles. The number of piperidine rings is 1. The van der Waals surface area contributed by atoms with Crippen LogP contribution in [-0.2, 0) is 9.59 Å². The molecule has 0 spiro atoms. The second-order valence-electron chi connectivity index (χ2n) is 6.19. The maximum absolute atomic E-state index is 12.8. The van der Waals surface area contributed by atoms with Crippen molar-refractivity contribution in [2.24, 2.45) is 5.73 Å². The molecule has 2 rings (SSSR count). The van der Waals surface area contributed by atoms with Gasteiger partial charge in [-0.2, -0.15) is 11.8 Å². The van der Waals surface area contributed by atoms with Crippen LogP contribution in [0.2, 0.25) is 0 Å². The second-order valence-corrected chi connectivity index (χ2v) is 7.18. The van der Waals surface area contributed by atoms with Crippen LogP contribution in [0, 0.1) is 0 Å². The van der Waals surface area contributed by atoms with Gasteiger partial charge in [-0.05, 0) is 43.4 Å². The second kappa shape index (κ2) is 12.0. The van der Waals surface area contributed by atoms with Gasteiger partial charge in [-0.25, -0.2) is 0 Å². The van der Waals surface area contributed by atoms with Crippen molar-refractivity contribution in [3.63, 3.8) is 0 Å². The zero-order valence-corrected chi connectivity index (χ0v) is 16.7. The molecular formula is C18H28ClN3O3S. The van der Waals surface area contributed by atoms with Crippen molar-refractivity contribution in [2.45, 2.75) is 31.3 Å². The van der Waals surface area contributed by atoms with Crippen LogP contribution in [0.3, 0.4) is 0 Å². The van der Waals surface area contributed by atoms with E-state index < -0.39 is 6.04 Å². The summed E-state index contributed by atoms with van der Waals surface area (Å²) in [4.78, 5) is 26.7. The maximum Gasteiger partial charge on any atom is 0.258 e. The van der Waals surface area contributed by atoms with Crippen molar-refractivity contribution < 1.29 is 14.3 Å². The molecule has 1 aromatic rings. The molecule has 2 amide bonds. The molecule has 2 unspecified atom stereocenters. The fourth-order valence-corrected chi connectivity index (χ4v) is 3.30. The van der Waals surface area contributed by atoms with Gasteiger partial charge in [0, 0.05) is 19.1 Å². The van der Waals surface area contributed by atoms with Gasteiger partial charge in [0.2, 0.25) is 5.91 Å². The third-order valence-corrected chi connectivity index (χ3v) is 4.77. The van der Waals surface area contributed by atoms with Crippen molar-refractivity contribution >= 4 is 36.0 Å². The average Bonchev–Trinajstić information content (AvgIpc) is 2.63. The Hall–Kier alpha value is -1.44. The first kappa shape index (κ1) is 22.6. The lowest BCUT2D eigenvalue weighted by Crippen LogP contribution is -2.54. The summed E-state index contributed by atoms with van der Waals surface area (Å²) in [5, 5.41) is 2.82. The number of nitrogens with two attached hydrogens (primary N) is 1. The first-order valence-electron chi connectivity index (χ1n) is 8.60. The minimum absolute atomic E-state index is 0. The lowest BCUT2D eigenvalue weighted by Gasteiger charge is -2.33. The SMILES string of the molecule is CSCCC(NC(=O)COc1ccccc1)C(=O)N1CCCC(N)C1.Cl. The summed E-state index contributed by atoms with van der Waals surface area (Å²) in [5.74, 6) is 1.10. The molecule has 26 heavy (non-hydrogen) atoms. The first-order chi connectivity index (χ1) is 12.1. The molecule has 1 saturated heterocycles. The van der Waals surface area contributed by atoms with Crippen LogP contribution in [0.15, 0.2) is 30.3 Å². The number of likely N-dealkylation sites (tertiary alicyclic amines) is 1. The highest BCUT2D eigenvalue weighted by Gasteiger charge is 2.28. The van der Waals surface area contributed by atoms with Gasteiger partial charge in [0.15, 0.2) is 6.61 Å². The molecule has 2 atom stereocenters. The summed E-state index contributed by atoms with van der Waals surface area (Å²) in [7, 11) is 0. The number of carbonyl (C=O) groups is 2. The summed E-state index contributed by atoms with van der Waals surface area (Å²) in [6, 6.07) is 8.65. The number of carbonyl (C=O) groups excluding carboxylic acids is 2. The molecule has 0 aromatic heterocycles. The molecule has 146 valence electrons. The Kier molecular flexibility index (Phi) is 10.5. The molecule has 0 radical (unpaired) electrons. The number of amides is 2. The van der Waals surface area contributed by atoms with Crippen molar-refractivity contribution in [3.8, 4) is 5.75 Å². The van der Waals surface area contributed by atoms with E-state index in [1.54, 1.807) is 28.8 Å². The van der Waals surface area contributed by atoms with Crippen LogP contribution >= 0.6 is 24.2 Å². The summed E-state index contributed by atoms with van der Waals surface area (Å²) in [6.07, 6.45) is 4.44. The number of rotatable bonds is 8. The van der Waals surface area contributed by atoms with Gasteiger partial charge < -0.3 is 20.7 Å². The molecular weight excluding hydrogens is 374 g/mol. The highest BCUT2D eigenvalue weighted by atomic mass is 35.5. The molecule has 0 bridgehead atoms. The van der Waals surface area contributed by atoms with Crippen LogP contribution in [0.5, 0.6) is 5.75 Å². The quantitative estimate of drug-likeness (QED) is 0.692. The van der Waals surface area contributed by atoms with E-state index in [0.29, 0.717) is 25.3 Å². The fraction of sp³-hybridized carbons (Fsp3) is 0.556. The number of ether oxygens (including phenoxy) is 1. The predicted octanol–water partition coefficient (Wildman–Crippen LogP) is 1.67. The molecule has 1 heterocycles. The van der Waals surface area contributed by atoms with Crippen LogP contribution in [0.4, 0.5) is 0 Å². The zero-order valence-electron chi connectivity index (χ0n) is 15.1. The Morgan fingerprint density at radius 3 is 2.77 bits per heavy atom. The summed E-state index contributed by atoms with van der Waals surface area (Å²) < 4.78 is 5.45. The smallest absolute Gasteiger partial charge is 0.258 e. The third-order valence-electron chi connectivity index (χ3n) is 4.13. The molecule has 0 aliphatic carbocycles. The van der Waals surface area contributed by atoms with Crippen molar-refractivity contribution in [1.82, 2.24) is 10.2 Å². The highest BCUT2D eigenvalue weighted by Crippen LogP contribution is 2.12. The van der Waals surface area contributed by atoms with Crippen LogP contribution in [-0.4, -0.2) is 60.5 Å².